The molecule has 2 N–H and O–H groups in total. The van der Waals surface area contributed by atoms with Crippen molar-refractivity contribution in [2.75, 3.05) is 12.0 Å². The molecule has 0 spiro atoms. The predicted molar refractivity (Wildman–Crippen MR) is 131 cm³/mol. The SMILES string of the molecule is COc1cc(C=C2C(=O)NC(=O)N(c3ccc(Cl)cc3)C2=O)ccc1OCc1ccc(C(=O)O)cc1. The number of imide groups is 2. The number of ether oxygens (including phenoxy) is 2. The number of anilines is 1. The molecule has 4 amide bonds. The topological polar surface area (TPSA) is 122 Å². The van der Waals surface area contributed by atoms with Crippen LogP contribution in [0.2, 0.25) is 5.02 Å². The highest BCUT2D eigenvalue weighted by Gasteiger charge is 2.36. The molecule has 182 valence electrons. The number of hydrogen-bond donors (Lipinski definition) is 2. The first-order valence-electron chi connectivity index (χ1n) is 10.6. The third-order valence-electron chi connectivity index (χ3n) is 5.28. The molecule has 0 atom stereocenters. The van der Waals surface area contributed by atoms with Crippen LogP contribution in [0, 0.1) is 0 Å². The molecule has 0 saturated carbocycles. The minimum Gasteiger partial charge on any atom is -0.493 e. The van der Waals surface area contributed by atoms with Gasteiger partial charge in [-0.2, -0.15) is 0 Å². The van der Waals surface area contributed by atoms with Crippen molar-refractivity contribution in [1.82, 2.24) is 5.32 Å². The monoisotopic (exact) mass is 506 g/mol. The first-order valence-corrected chi connectivity index (χ1v) is 10.9. The fourth-order valence-electron chi connectivity index (χ4n) is 3.45. The van der Waals surface area contributed by atoms with Gasteiger partial charge in [-0.05, 0) is 65.7 Å². The maximum Gasteiger partial charge on any atom is 0.335 e. The van der Waals surface area contributed by atoms with Crippen molar-refractivity contribution in [3.05, 3.63) is 94.0 Å². The number of barbiturate groups is 1. The van der Waals surface area contributed by atoms with Crippen LogP contribution < -0.4 is 19.7 Å². The van der Waals surface area contributed by atoms with Crippen LogP contribution in [0.4, 0.5) is 10.5 Å². The molecular formula is C26H19ClN2O7. The molecule has 4 rings (SSSR count). The zero-order valence-corrected chi connectivity index (χ0v) is 19.6. The van der Waals surface area contributed by atoms with Crippen molar-refractivity contribution in [1.29, 1.82) is 0 Å². The van der Waals surface area contributed by atoms with E-state index in [1.807, 2.05) is 0 Å². The van der Waals surface area contributed by atoms with E-state index in [4.69, 9.17) is 26.2 Å². The molecule has 1 fully saturated rings. The van der Waals surface area contributed by atoms with E-state index in [1.165, 1.54) is 49.6 Å². The van der Waals surface area contributed by atoms with E-state index in [-0.39, 0.29) is 23.4 Å². The highest BCUT2D eigenvalue weighted by Crippen LogP contribution is 2.31. The van der Waals surface area contributed by atoms with E-state index in [0.717, 1.165) is 10.5 Å². The number of amides is 4. The highest BCUT2D eigenvalue weighted by atomic mass is 35.5. The fraction of sp³-hybridized carbons (Fsp3) is 0.0769. The average molecular weight is 507 g/mol. The van der Waals surface area contributed by atoms with Crippen molar-refractivity contribution >= 4 is 47.2 Å². The zero-order valence-electron chi connectivity index (χ0n) is 18.9. The molecule has 0 aromatic heterocycles. The number of halogens is 1. The van der Waals surface area contributed by atoms with Gasteiger partial charge in [0.1, 0.15) is 12.2 Å². The number of urea groups is 1. The lowest BCUT2D eigenvalue weighted by Crippen LogP contribution is -2.54. The lowest BCUT2D eigenvalue weighted by atomic mass is 10.1. The first kappa shape index (κ1) is 24.5. The lowest BCUT2D eigenvalue weighted by Gasteiger charge is -2.26. The van der Waals surface area contributed by atoms with Crippen LogP contribution in [0.3, 0.4) is 0 Å². The summed E-state index contributed by atoms with van der Waals surface area (Å²) in [6.45, 7) is 0.162. The number of benzene rings is 3. The van der Waals surface area contributed by atoms with E-state index < -0.39 is 23.8 Å². The van der Waals surface area contributed by atoms with Gasteiger partial charge in [-0.3, -0.25) is 14.9 Å². The van der Waals surface area contributed by atoms with Crippen molar-refractivity contribution < 1.29 is 33.8 Å². The number of methoxy groups -OCH3 is 1. The van der Waals surface area contributed by atoms with E-state index in [0.29, 0.717) is 22.1 Å². The second kappa shape index (κ2) is 10.3. The Bertz CT molecular complexity index is 1380. The molecule has 10 heteroatoms. The average Bonchev–Trinajstić information content (AvgIpc) is 2.86. The van der Waals surface area contributed by atoms with E-state index in [1.54, 1.807) is 30.3 Å². The number of nitrogens with zero attached hydrogens (tertiary/aromatic N) is 1. The van der Waals surface area contributed by atoms with Gasteiger partial charge in [0.05, 0.1) is 18.4 Å². The maximum atomic E-state index is 13.0. The molecule has 3 aromatic rings. The molecule has 0 bridgehead atoms. The van der Waals surface area contributed by atoms with Crippen LogP contribution >= 0.6 is 11.6 Å². The minimum atomic E-state index is -1.01. The number of hydrogen-bond acceptors (Lipinski definition) is 6. The Hall–Kier alpha value is -4.63. The molecule has 1 aliphatic rings. The third kappa shape index (κ3) is 5.21. The van der Waals surface area contributed by atoms with Gasteiger partial charge < -0.3 is 14.6 Å². The Morgan fingerprint density at radius 1 is 1.00 bits per heavy atom. The molecule has 1 saturated heterocycles. The Morgan fingerprint density at radius 3 is 2.33 bits per heavy atom. The van der Waals surface area contributed by atoms with Crippen LogP contribution in [0.25, 0.3) is 6.08 Å². The standard InChI is InChI=1S/C26H19ClN2O7/c1-35-22-13-16(4-11-21(22)36-14-15-2-5-17(6-3-15)25(32)33)12-20-23(30)28-26(34)29(24(20)31)19-9-7-18(27)8-10-19/h2-13H,14H2,1H3,(H,32,33)(H,28,30,34). The number of carbonyl (C=O) groups is 4. The van der Waals surface area contributed by atoms with Gasteiger partial charge in [-0.1, -0.05) is 29.8 Å². The first-order chi connectivity index (χ1) is 17.3. The Morgan fingerprint density at radius 2 is 1.69 bits per heavy atom. The summed E-state index contributed by atoms with van der Waals surface area (Å²) in [7, 11) is 1.44. The third-order valence-corrected chi connectivity index (χ3v) is 5.53. The summed E-state index contributed by atoms with van der Waals surface area (Å²) in [4.78, 5) is 49.6. The molecule has 3 aromatic carbocycles. The summed E-state index contributed by atoms with van der Waals surface area (Å²) in [5, 5.41) is 11.6. The van der Waals surface area contributed by atoms with Gasteiger partial charge in [0, 0.05) is 5.02 Å². The lowest BCUT2D eigenvalue weighted by molar-refractivity contribution is -0.122. The summed E-state index contributed by atoms with van der Waals surface area (Å²) in [5.41, 5.74) is 1.42. The summed E-state index contributed by atoms with van der Waals surface area (Å²) in [6, 6.07) is 16.3. The van der Waals surface area contributed by atoms with Gasteiger partial charge in [0.15, 0.2) is 11.5 Å². The van der Waals surface area contributed by atoms with Gasteiger partial charge in [-0.25, -0.2) is 14.5 Å². The summed E-state index contributed by atoms with van der Waals surface area (Å²) < 4.78 is 11.2. The Balaban J connectivity index is 1.55. The van der Waals surface area contributed by atoms with Crippen LogP contribution in [-0.4, -0.2) is 36.0 Å². The van der Waals surface area contributed by atoms with Gasteiger partial charge in [0.2, 0.25) is 0 Å². The molecule has 36 heavy (non-hydrogen) atoms. The van der Waals surface area contributed by atoms with E-state index in [2.05, 4.69) is 5.32 Å². The fourth-order valence-corrected chi connectivity index (χ4v) is 3.57. The van der Waals surface area contributed by atoms with Crippen molar-refractivity contribution in [3.63, 3.8) is 0 Å². The largest absolute Gasteiger partial charge is 0.493 e. The molecule has 0 aliphatic carbocycles. The number of carbonyl (C=O) groups excluding carboxylic acids is 3. The zero-order chi connectivity index (χ0) is 25.8. The van der Waals surface area contributed by atoms with Crippen molar-refractivity contribution in [2.24, 2.45) is 0 Å². The number of nitrogens with one attached hydrogen (secondary N) is 1. The smallest absolute Gasteiger partial charge is 0.335 e. The number of rotatable bonds is 7. The maximum absolute atomic E-state index is 13.0. The quantitative estimate of drug-likeness (QED) is 0.362. The normalized spacial score (nSPS) is 14.6. The Kier molecular flexibility index (Phi) is 7.03. The van der Waals surface area contributed by atoms with Crippen molar-refractivity contribution in [2.45, 2.75) is 6.61 Å². The molecule has 1 heterocycles. The van der Waals surface area contributed by atoms with Crippen LogP contribution in [-0.2, 0) is 16.2 Å². The Labute approximate surface area is 210 Å². The predicted octanol–water partition coefficient (Wildman–Crippen LogP) is 4.29. The summed E-state index contributed by atoms with van der Waals surface area (Å²) >= 11 is 5.89. The second-order valence-electron chi connectivity index (χ2n) is 7.64. The highest BCUT2D eigenvalue weighted by molar-refractivity contribution is 6.39. The molecule has 0 unspecified atom stereocenters. The molecule has 9 nitrogen and oxygen atoms in total. The number of carboxylic acids is 1. The molecule has 1 aliphatic heterocycles. The van der Waals surface area contributed by atoms with Gasteiger partial charge >= 0.3 is 12.0 Å². The molecular weight excluding hydrogens is 488 g/mol. The van der Waals surface area contributed by atoms with Crippen LogP contribution in [0.15, 0.2) is 72.3 Å². The summed E-state index contributed by atoms with van der Waals surface area (Å²) in [5.74, 6) is -1.87. The minimum absolute atomic E-state index is 0.162. The summed E-state index contributed by atoms with van der Waals surface area (Å²) in [6.07, 6.45) is 1.35. The van der Waals surface area contributed by atoms with Crippen LogP contribution in [0.1, 0.15) is 21.5 Å². The van der Waals surface area contributed by atoms with Gasteiger partial charge in [-0.15, -0.1) is 0 Å². The van der Waals surface area contributed by atoms with Crippen LogP contribution in [0.5, 0.6) is 11.5 Å². The second-order valence-corrected chi connectivity index (χ2v) is 8.07. The van der Waals surface area contributed by atoms with Crippen molar-refractivity contribution in [3.8, 4) is 11.5 Å². The number of aromatic carboxylic acids is 1. The van der Waals surface area contributed by atoms with E-state index in [9.17, 15) is 19.2 Å². The van der Waals surface area contributed by atoms with Gasteiger partial charge in [0.25, 0.3) is 11.8 Å². The number of carboxylic acid groups (broad SMARTS) is 1. The van der Waals surface area contributed by atoms with E-state index >= 15 is 0 Å². The molecule has 0 radical (unpaired) electrons.